The van der Waals surface area contributed by atoms with E-state index in [0.29, 0.717) is 25.4 Å². The maximum atomic E-state index is 12.0. The van der Waals surface area contributed by atoms with Gasteiger partial charge in [0.2, 0.25) is 17.7 Å². The van der Waals surface area contributed by atoms with Gasteiger partial charge in [0.25, 0.3) is 0 Å². The average molecular weight is 294 g/mol. The van der Waals surface area contributed by atoms with Crippen LogP contribution in [0.1, 0.15) is 31.0 Å². The molecular weight excluding hydrogens is 272 g/mol. The van der Waals surface area contributed by atoms with Gasteiger partial charge in [-0.2, -0.15) is 5.10 Å². The van der Waals surface area contributed by atoms with Crippen molar-refractivity contribution >= 4 is 11.8 Å². The highest BCUT2D eigenvalue weighted by Gasteiger charge is 2.23. The van der Waals surface area contributed by atoms with Crippen LogP contribution in [0.15, 0.2) is 0 Å². The maximum absolute atomic E-state index is 12.0. The normalized spacial score (nSPS) is 14.6. The number of nitrogens with one attached hydrogen (secondary N) is 1. The van der Waals surface area contributed by atoms with Gasteiger partial charge in [-0.05, 0) is 12.8 Å². The van der Waals surface area contributed by atoms with Crippen LogP contribution >= 0.6 is 0 Å². The van der Waals surface area contributed by atoms with Crippen molar-refractivity contribution in [2.24, 2.45) is 7.05 Å². The summed E-state index contributed by atoms with van der Waals surface area (Å²) in [5.74, 6) is 0.556. The molecule has 2 amide bonds. The number of carbonyl (C=O) groups is 2. The highest BCUT2D eigenvalue weighted by molar-refractivity contribution is 5.85. The summed E-state index contributed by atoms with van der Waals surface area (Å²) in [5.41, 5.74) is 1.80. The van der Waals surface area contributed by atoms with Crippen molar-refractivity contribution in [3.05, 3.63) is 11.3 Å². The second-order valence-corrected chi connectivity index (χ2v) is 5.11. The van der Waals surface area contributed by atoms with E-state index >= 15 is 0 Å². The molecule has 0 unspecified atom stereocenters. The van der Waals surface area contributed by atoms with Crippen molar-refractivity contribution in [2.75, 3.05) is 20.2 Å². The lowest BCUT2D eigenvalue weighted by Crippen LogP contribution is -2.37. The van der Waals surface area contributed by atoms with E-state index in [1.807, 2.05) is 14.0 Å². The molecule has 0 radical (unpaired) electrons. The number of nitrogens with zero attached hydrogens (tertiary/aromatic N) is 3. The van der Waals surface area contributed by atoms with E-state index in [-0.39, 0.29) is 18.4 Å². The third-order valence-electron chi connectivity index (χ3n) is 3.67. The van der Waals surface area contributed by atoms with Crippen LogP contribution in [0.3, 0.4) is 0 Å². The van der Waals surface area contributed by atoms with Crippen molar-refractivity contribution in [1.82, 2.24) is 20.0 Å². The molecule has 0 aliphatic carbocycles. The minimum absolute atomic E-state index is 0.0540. The van der Waals surface area contributed by atoms with Gasteiger partial charge in [0, 0.05) is 20.0 Å². The Hall–Kier alpha value is -2.05. The molecule has 0 spiro atoms. The van der Waals surface area contributed by atoms with Crippen LogP contribution in [0.4, 0.5) is 0 Å². The Morgan fingerprint density at radius 1 is 1.48 bits per heavy atom. The number of likely N-dealkylation sites (tertiary alicyclic amines) is 1. The molecular formula is C14H22N4O3. The Balaban J connectivity index is 1.96. The minimum atomic E-state index is -0.154. The molecule has 21 heavy (non-hydrogen) atoms. The number of aryl methyl sites for hydroxylation is 2. The third kappa shape index (κ3) is 3.34. The van der Waals surface area contributed by atoms with Crippen molar-refractivity contribution in [2.45, 2.75) is 32.7 Å². The summed E-state index contributed by atoms with van der Waals surface area (Å²) in [7, 11) is 3.40. The van der Waals surface area contributed by atoms with Crippen LogP contribution in [-0.4, -0.2) is 46.7 Å². The van der Waals surface area contributed by atoms with Gasteiger partial charge >= 0.3 is 0 Å². The standard InChI is InChI=1S/C14H22N4O3/c1-4-11-10(14(21-3)17(2)16-11)8-15-12(19)9-18-7-5-6-13(18)20/h4-9H2,1-3H3,(H,15,19). The van der Waals surface area contributed by atoms with Crippen LogP contribution in [0.5, 0.6) is 5.88 Å². The van der Waals surface area contributed by atoms with Crippen LogP contribution in [0.25, 0.3) is 0 Å². The van der Waals surface area contributed by atoms with Crippen molar-refractivity contribution in [3.63, 3.8) is 0 Å². The molecule has 0 atom stereocenters. The summed E-state index contributed by atoms with van der Waals surface area (Å²) in [6.07, 6.45) is 2.15. The lowest BCUT2D eigenvalue weighted by molar-refractivity contribution is -0.133. The number of rotatable bonds is 6. The maximum Gasteiger partial charge on any atom is 0.239 e. The Labute approximate surface area is 124 Å². The monoisotopic (exact) mass is 294 g/mol. The van der Waals surface area contributed by atoms with Gasteiger partial charge in [-0.3, -0.25) is 9.59 Å². The third-order valence-corrected chi connectivity index (χ3v) is 3.67. The topological polar surface area (TPSA) is 76.5 Å². The summed E-state index contributed by atoms with van der Waals surface area (Å²) < 4.78 is 7.00. The number of aromatic nitrogens is 2. The van der Waals surface area contributed by atoms with Crippen LogP contribution in [0, 0.1) is 0 Å². The first kappa shape index (κ1) is 15.3. The van der Waals surface area contributed by atoms with Crippen molar-refractivity contribution < 1.29 is 14.3 Å². The number of amides is 2. The molecule has 1 aliphatic heterocycles. The zero-order valence-electron chi connectivity index (χ0n) is 12.8. The van der Waals surface area contributed by atoms with Gasteiger partial charge in [0.15, 0.2) is 0 Å². The second-order valence-electron chi connectivity index (χ2n) is 5.11. The fourth-order valence-electron chi connectivity index (χ4n) is 2.61. The molecule has 2 rings (SSSR count). The van der Waals surface area contributed by atoms with Gasteiger partial charge in [0.1, 0.15) is 0 Å². The predicted octanol–water partition coefficient (Wildman–Crippen LogP) is 0.230. The highest BCUT2D eigenvalue weighted by atomic mass is 16.5. The first-order chi connectivity index (χ1) is 10.1. The number of ether oxygens (including phenoxy) is 1. The zero-order valence-corrected chi connectivity index (χ0v) is 12.8. The molecule has 0 aromatic carbocycles. The van der Waals surface area contributed by atoms with E-state index in [9.17, 15) is 9.59 Å². The first-order valence-corrected chi connectivity index (χ1v) is 7.20. The fourth-order valence-corrected chi connectivity index (χ4v) is 2.61. The Bertz CT molecular complexity index is 539. The SMILES string of the molecule is CCc1nn(C)c(OC)c1CNC(=O)CN1CCCC1=O. The number of hydrogen-bond donors (Lipinski definition) is 1. The van der Waals surface area contributed by atoms with E-state index in [4.69, 9.17) is 4.74 Å². The molecule has 1 aliphatic rings. The minimum Gasteiger partial charge on any atom is -0.481 e. The number of hydrogen-bond acceptors (Lipinski definition) is 4. The Morgan fingerprint density at radius 3 is 2.81 bits per heavy atom. The quantitative estimate of drug-likeness (QED) is 0.815. The zero-order chi connectivity index (χ0) is 15.4. The molecule has 7 heteroatoms. The molecule has 116 valence electrons. The average Bonchev–Trinajstić information content (AvgIpc) is 2.99. The lowest BCUT2D eigenvalue weighted by Gasteiger charge is -2.15. The van der Waals surface area contributed by atoms with Gasteiger partial charge in [-0.15, -0.1) is 0 Å². The lowest BCUT2D eigenvalue weighted by atomic mass is 10.2. The summed E-state index contributed by atoms with van der Waals surface area (Å²) in [5, 5.41) is 7.21. The smallest absolute Gasteiger partial charge is 0.239 e. The molecule has 1 saturated heterocycles. The molecule has 2 heterocycles. The molecule has 7 nitrogen and oxygen atoms in total. The van der Waals surface area contributed by atoms with E-state index in [2.05, 4.69) is 10.4 Å². The van der Waals surface area contributed by atoms with Crippen LogP contribution in [-0.2, 0) is 29.6 Å². The van der Waals surface area contributed by atoms with Crippen molar-refractivity contribution in [1.29, 1.82) is 0 Å². The molecule has 0 saturated carbocycles. The summed E-state index contributed by atoms with van der Waals surface area (Å²) in [6.45, 7) is 3.17. The molecule has 1 aromatic rings. The van der Waals surface area contributed by atoms with Crippen molar-refractivity contribution in [3.8, 4) is 5.88 Å². The largest absolute Gasteiger partial charge is 0.481 e. The van der Waals surface area contributed by atoms with E-state index in [0.717, 1.165) is 24.1 Å². The van der Waals surface area contributed by atoms with Gasteiger partial charge in [-0.1, -0.05) is 6.92 Å². The molecule has 1 N–H and O–H groups in total. The van der Waals surface area contributed by atoms with E-state index in [1.165, 1.54) is 0 Å². The molecule has 1 aromatic heterocycles. The summed E-state index contributed by atoms with van der Waals surface area (Å²) >= 11 is 0. The second kappa shape index (κ2) is 6.60. The Morgan fingerprint density at radius 2 is 2.24 bits per heavy atom. The Kier molecular flexibility index (Phi) is 4.82. The molecule has 1 fully saturated rings. The van der Waals surface area contributed by atoms with E-state index in [1.54, 1.807) is 16.7 Å². The van der Waals surface area contributed by atoms with Gasteiger partial charge in [-0.25, -0.2) is 4.68 Å². The first-order valence-electron chi connectivity index (χ1n) is 7.20. The van der Waals surface area contributed by atoms with Gasteiger partial charge in [0.05, 0.1) is 31.5 Å². The predicted molar refractivity (Wildman–Crippen MR) is 76.8 cm³/mol. The van der Waals surface area contributed by atoms with Gasteiger partial charge < -0.3 is 15.0 Å². The highest BCUT2D eigenvalue weighted by Crippen LogP contribution is 2.21. The summed E-state index contributed by atoms with van der Waals surface area (Å²) in [6, 6.07) is 0. The van der Waals surface area contributed by atoms with Crippen LogP contribution in [0.2, 0.25) is 0 Å². The fraction of sp³-hybridized carbons (Fsp3) is 0.643. The molecule has 0 bridgehead atoms. The summed E-state index contributed by atoms with van der Waals surface area (Å²) in [4.78, 5) is 25.0. The number of carbonyl (C=O) groups excluding carboxylic acids is 2. The van der Waals surface area contributed by atoms with Crippen LogP contribution < -0.4 is 10.1 Å². The number of methoxy groups -OCH3 is 1. The van der Waals surface area contributed by atoms with E-state index < -0.39 is 0 Å².